The molecule has 4 heteroatoms. The largest absolute Gasteiger partial charge is 0.394 e. The highest BCUT2D eigenvalue weighted by Crippen LogP contribution is 1.96. The van der Waals surface area contributed by atoms with Gasteiger partial charge < -0.3 is 20.3 Å². The van der Waals surface area contributed by atoms with Gasteiger partial charge in [-0.15, -0.1) is 0 Å². The third kappa shape index (κ3) is 7.94. The molecule has 0 amide bonds. The highest BCUT2D eigenvalue weighted by Gasteiger charge is 2.00. The molecule has 1 unspecified atom stereocenters. The SMILES string of the molecule is CC(CCOCCN)OCCO. The number of ether oxygens (including phenoxy) is 2. The second-order valence-corrected chi connectivity index (χ2v) is 2.59. The van der Waals surface area contributed by atoms with Crippen LogP contribution in [0.25, 0.3) is 0 Å². The van der Waals surface area contributed by atoms with E-state index in [2.05, 4.69) is 0 Å². The minimum atomic E-state index is 0.0774. The van der Waals surface area contributed by atoms with Crippen molar-refractivity contribution < 1.29 is 14.6 Å². The highest BCUT2D eigenvalue weighted by atomic mass is 16.5. The fraction of sp³-hybridized carbons (Fsp3) is 1.00. The molecule has 1 atom stereocenters. The van der Waals surface area contributed by atoms with Crippen molar-refractivity contribution in [1.82, 2.24) is 0 Å². The van der Waals surface area contributed by atoms with Crippen LogP contribution in [0.2, 0.25) is 0 Å². The van der Waals surface area contributed by atoms with Crippen LogP contribution < -0.4 is 5.73 Å². The summed E-state index contributed by atoms with van der Waals surface area (Å²) >= 11 is 0. The van der Waals surface area contributed by atoms with Crippen molar-refractivity contribution in [2.75, 3.05) is 33.0 Å². The lowest BCUT2D eigenvalue weighted by Gasteiger charge is -2.11. The van der Waals surface area contributed by atoms with Gasteiger partial charge in [0.05, 0.1) is 25.9 Å². The molecule has 0 aliphatic heterocycles. The van der Waals surface area contributed by atoms with Crippen molar-refractivity contribution in [2.24, 2.45) is 5.73 Å². The van der Waals surface area contributed by atoms with E-state index in [0.29, 0.717) is 26.4 Å². The molecule has 0 aliphatic carbocycles. The van der Waals surface area contributed by atoms with Gasteiger partial charge in [-0.1, -0.05) is 0 Å². The van der Waals surface area contributed by atoms with Crippen molar-refractivity contribution in [3.63, 3.8) is 0 Å². The zero-order valence-electron chi connectivity index (χ0n) is 7.66. The molecule has 0 aliphatic rings. The molecule has 4 nitrogen and oxygen atoms in total. The molecule has 3 N–H and O–H groups in total. The summed E-state index contributed by atoms with van der Waals surface area (Å²) < 4.78 is 10.4. The Hall–Kier alpha value is -0.160. The van der Waals surface area contributed by atoms with Gasteiger partial charge in [0, 0.05) is 13.2 Å². The Morgan fingerprint density at radius 1 is 1.33 bits per heavy atom. The van der Waals surface area contributed by atoms with E-state index in [1.807, 2.05) is 6.92 Å². The zero-order valence-corrected chi connectivity index (χ0v) is 7.66. The van der Waals surface area contributed by atoms with Gasteiger partial charge in [0.25, 0.3) is 0 Å². The molecular formula is C8H19NO3. The smallest absolute Gasteiger partial charge is 0.0701 e. The molecule has 74 valence electrons. The predicted molar refractivity (Wildman–Crippen MR) is 47.0 cm³/mol. The van der Waals surface area contributed by atoms with E-state index in [1.54, 1.807) is 0 Å². The first-order valence-electron chi connectivity index (χ1n) is 4.31. The van der Waals surface area contributed by atoms with Crippen LogP contribution in [0.15, 0.2) is 0 Å². The number of nitrogens with two attached hydrogens (primary N) is 1. The Bertz CT molecular complexity index is 90.4. The van der Waals surface area contributed by atoms with Gasteiger partial charge in [0.15, 0.2) is 0 Å². The fourth-order valence-corrected chi connectivity index (χ4v) is 0.772. The molecule has 0 saturated heterocycles. The standard InChI is InChI=1S/C8H19NO3/c1-8(12-7-4-10)2-5-11-6-3-9/h8,10H,2-7,9H2,1H3. The Morgan fingerprint density at radius 3 is 2.67 bits per heavy atom. The van der Waals surface area contributed by atoms with Crippen molar-refractivity contribution in [1.29, 1.82) is 0 Å². The number of rotatable bonds is 8. The van der Waals surface area contributed by atoms with Gasteiger partial charge in [-0.3, -0.25) is 0 Å². The molecule has 0 fully saturated rings. The van der Waals surface area contributed by atoms with E-state index < -0.39 is 0 Å². The molecule has 0 spiro atoms. The molecule has 0 bridgehead atoms. The lowest BCUT2D eigenvalue weighted by Crippen LogP contribution is -2.16. The van der Waals surface area contributed by atoms with Gasteiger partial charge in [0.1, 0.15) is 0 Å². The summed E-state index contributed by atoms with van der Waals surface area (Å²) in [6, 6.07) is 0. The Kier molecular flexibility index (Phi) is 8.81. The minimum Gasteiger partial charge on any atom is -0.394 e. The van der Waals surface area contributed by atoms with Crippen LogP contribution in [0.4, 0.5) is 0 Å². The summed E-state index contributed by atoms with van der Waals surface area (Å²) in [6.45, 7) is 4.27. The van der Waals surface area contributed by atoms with Crippen molar-refractivity contribution >= 4 is 0 Å². The maximum atomic E-state index is 8.45. The minimum absolute atomic E-state index is 0.0774. The molecule has 0 aromatic carbocycles. The third-order valence-corrected chi connectivity index (χ3v) is 1.42. The first-order valence-corrected chi connectivity index (χ1v) is 4.31. The van der Waals surface area contributed by atoms with Gasteiger partial charge in [-0.05, 0) is 13.3 Å². The van der Waals surface area contributed by atoms with Crippen LogP contribution in [0, 0.1) is 0 Å². The molecule has 0 saturated carbocycles. The summed E-state index contributed by atoms with van der Waals surface area (Å²) in [5, 5.41) is 8.45. The maximum absolute atomic E-state index is 8.45. The summed E-state index contributed by atoms with van der Waals surface area (Å²) in [5.74, 6) is 0. The topological polar surface area (TPSA) is 64.7 Å². The van der Waals surface area contributed by atoms with Crippen molar-refractivity contribution in [3.05, 3.63) is 0 Å². The zero-order chi connectivity index (χ0) is 9.23. The second-order valence-electron chi connectivity index (χ2n) is 2.59. The lowest BCUT2D eigenvalue weighted by molar-refractivity contribution is 0.0155. The number of hydrogen-bond acceptors (Lipinski definition) is 4. The quantitative estimate of drug-likeness (QED) is 0.502. The summed E-state index contributed by atoms with van der Waals surface area (Å²) in [5.41, 5.74) is 5.24. The van der Waals surface area contributed by atoms with Crippen molar-refractivity contribution in [3.8, 4) is 0 Å². The summed E-state index contributed by atoms with van der Waals surface area (Å²) in [7, 11) is 0. The predicted octanol–water partition coefficient (Wildman–Crippen LogP) is -0.251. The Labute approximate surface area is 73.7 Å². The van der Waals surface area contributed by atoms with E-state index in [0.717, 1.165) is 6.42 Å². The van der Waals surface area contributed by atoms with Crippen LogP contribution in [-0.4, -0.2) is 44.2 Å². The Morgan fingerprint density at radius 2 is 2.08 bits per heavy atom. The van der Waals surface area contributed by atoms with Gasteiger partial charge in [0.2, 0.25) is 0 Å². The molecule has 0 radical (unpaired) electrons. The van der Waals surface area contributed by atoms with E-state index in [4.69, 9.17) is 20.3 Å². The third-order valence-electron chi connectivity index (χ3n) is 1.42. The molecule has 12 heavy (non-hydrogen) atoms. The maximum Gasteiger partial charge on any atom is 0.0701 e. The van der Waals surface area contributed by atoms with Crippen molar-refractivity contribution in [2.45, 2.75) is 19.4 Å². The average Bonchev–Trinajstić information content (AvgIpc) is 2.09. The van der Waals surface area contributed by atoms with E-state index in [-0.39, 0.29) is 12.7 Å². The van der Waals surface area contributed by atoms with Gasteiger partial charge >= 0.3 is 0 Å². The molecule has 0 heterocycles. The monoisotopic (exact) mass is 177 g/mol. The van der Waals surface area contributed by atoms with E-state index >= 15 is 0 Å². The number of aliphatic hydroxyl groups excluding tert-OH is 1. The first kappa shape index (κ1) is 11.8. The highest BCUT2D eigenvalue weighted by molar-refractivity contribution is 4.48. The Balaban J connectivity index is 3.02. The molecule has 0 rings (SSSR count). The van der Waals surface area contributed by atoms with Crippen LogP contribution in [0.1, 0.15) is 13.3 Å². The fourth-order valence-electron chi connectivity index (χ4n) is 0.772. The van der Waals surface area contributed by atoms with Crippen LogP contribution in [-0.2, 0) is 9.47 Å². The van der Waals surface area contributed by atoms with Crippen LogP contribution in [0.3, 0.4) is 0 Å². The van der Waals surface area contributed by atoms with Gasteiger partial charge in [-0.25, -0.2) is 0 Å². The van der Waals surface area contributed by atoms with Crippen LogP contribution in [0.5, 0.6) is 0 Å². The van der Waals surface area contributed by atoms with Gasteiger partial charge in [-0.2, -0.15) is 0 Å². The van der Waals surface area contributed by atoms with E-state index in [1.165, 1.54) is 0 Å². The second kappa shape index (κ2) is 8.93. The first-order chi connectivity index (χ1) is 5.81. The molecule has 0 aromatic rings. The lowest BCUT2D eigenvalue weighted by atomic mass is 10.3. The molecular weight excluding hydrogens is 158 g/mol. The van der Waals surface area contributed by atoms with E-state index in [9.17, 15) is 0 Å². The normalized spacial score (nSPS) is 13.2. The average molecular weight is 177 g/mol. The van der Waals surface area contributed by atoms with Crippen LogP contribution >= 0.6 is 0 Å². The summed E-state index contributed by atoms with van der Waals surface area (Å²) in [6.07, 6.45) is 0.995. The number of hydrogen-bond donors (Lipinski definition) is 2. The molecule has 0 aromatic heterocycles. The number of aliphatic hydroxyl groups is 1. The summed E-state index contributed by atoms with van der Waals surface area (Å²) in [4.78, 5) is 0.